The molecule has 0 amide bonds. The van der Waals surface area contributed by atoms with Gasteiger partial charge in [0.2, 0.25) is 0 Å². The van der Waals surface area contributed by atoms with Gasteiger partial charge < -0.3 is 10.1 Å². The zero-order valence-electron chi connectivity index (χ0n) is 9.81. The van der Waals surface area contributed by atoms with Crippen LogP contribution in [-0.4, -0.2) is 4.99 Å². The van der Waals surface area contributed by atoms with E-state index in [2.05, 4.69) is 21.2 Å². The van der Waals surface area contributed by atoms with Gasteiger partial charge in [-0.1, -0.05) is 36.5 Å². The number of halogens is 1. The van der Waals surface area contributed by atoms with E-state index in [1.165, 1.54) is 0 Å². The predicted molar refractivity (Wildman–Crippen MR) is 82.6 cm³/mol. The quantitative estimate of drug-likeness (QED) is 0.804. The van der Waals surface area contributed by atoms with Crippen LogP contribution in [0.15, 0.2) is 53.0 Å². The Morgan fingerprint density at radius 2 is 1.83 bits per heavy atom. The van der Waals surface area contributed by atoms with Crippen molar-refractivity contribution in [2.45, 2.75) is 6.92 Å². The molecule has 0 saturated heterocycles. The van der Waals surface area contributed by atoms with Gasteiger partial charge in [0, 0.05) is 0 Å². The zero-order valence-corrected chi connectivity index (χ0v) is 12.2. The van der Waals surface area contributed by atoms with Crippen molar-refractivity contribution >= 4 is 38.8 Å². The maximum atomic E-state index is 5.87. The van der Waals surface area contributed by atoms with Crippen LogP contribution in [0.25, 0.3) is 0 Å². The van der Waals surface area contributed by atoms with Crippen LogP contribution in [0, 0.1) is 0 Å². The Hall–Kier alpha value is -1.39. The summed E-state index contributed by atoms with van der Waals surface area (Å²) in [7, 11) is 0. The van der Waals surface area contributed by atoms with Gasteiger partial charge in [0.1, 0.15) is 5.75 Å². The fourth-order valence-corrected chi connectivity index (χ4v) is 2.06. The number of hydrogen-bond acceptors (Lipinski definition) is 2. The van der Waals surface area contributed by atoms with Crippen LogP contribution in [0.2, 0.25) is 0 Å². The highest BCUT2D eigenvalue weighted by Crippen LogP contribution is 2.36. The van der Waals surface area contributed by atoms with Crippen LogP contribution in [0.4, 0.5) is 5.69 Å². The molecule has 18 heavy (non-hydrogen) atoms. The molecule has 0 saturated carbocycles. The lowest BCUT2D eigenvalue weighted by Gasteiger charge is -2.13. The van der Waals surface area contributed by atoms with Crippen molar-refractivity contribution in [1.29, 1.82) is 0 Å². The van der Waals surface area contributed by atoms with E-state index in [4.69, 9.17) is 17.0 Å². The molecule has 0 aliphatic carbocycles. The first-order chi connectivity index (χ1) is 8.66. The number of hydrogen-bond donors (Lipinski definition) is 1. The second-order valence-electron chi connectivity index (χ2n) is 3.71. The van der Waals surface area contributed by atoms with Gasteiger partial charge in [-0.15, -0.1) is 0 Å². The lowest BCUT2D eigenvalue weighted by Crippen LogP contribution is -2.05. The van der Waals surface area contributed by atoms with Gasteiger partial charge in [0.05, 0.1) is 15.1 Å². The van der Waals surface area contributed by atoms with E-state index in [9.17, 15) is 0 Å². The normalized spacial score (nSPS) is 9.89. The van der Waals surface area contributed by atoms with Crippen molar-refractivity contribution in [1.82, 2.24) is 0 Å². The molecule has 2 aromatic rings. The number of thiocarbonyl (C=S) groups is 1. The first kappa shape index (κ1) is 13.1. The Bertz CT molecular complexity index is 557. The topological polar surface area (TPSA) is 21.3 Å². The van der Waals surface area contributed by atoms with Crippen LogP contribution in [0.3, 0.4) is 0 Å². The van der Waals surface area contributed by atoms with E-state index in [1.54, 1.807) is 0 Å². The summed E-state index contributed by atoms with van der Waals surface area (Å²) >= 11 is 8.55. The van der Waals surface area contributed by atoms with Crippen LogP contribution in [0.1, 0.15) is 6.92 Å². The van der Waals surface area contributed by atoms with Gasteiger partial charge in [0.25, 0.3) is 0 Å². The minimum atomic E-state index is 0.700. The van der Waals surface area contributed by atoms with E-state index in [-0.39, 0.29) is 0 Å². The van der Waals surface area contributed by atoms with Gasteiger partial charge in [-0.05, 0) is 47.1 Å². The summed E-state index contributed by atoms with van der Waals surface area (Å²) in [6.45, 7) is 1.84. The molecular weight excluding hydrogens is 310 g/mol. The molecule has 4 heteroatoms. The van der Waals surface area contributed by atoms with Crippen LogP contribution in [0.5, 0.6) is 11.5 Å². The van der Waals surface area contributed by atoms with Crippen molar-refractivity contribution in [2.24, 2.45) is 0 Å². The molecular formula is C14H12BrNOS. The Kier molecular flexibility index (Phi) is 4.33. The maximum Gasteiger partial charge on any atom is 0.165 e. The van der Waals surface area contributed by atoms with Crippen molar-refractivity contribution in [3.05, 3.63) is 53.0 Å². The number of anilines is 1. The monoisotopic (exact) mass is 321 g/mol. The predicted octanol–water partition coefficient (Wildman–Crippen LogP) is 5.00. The third-order valence-electron chi connectivity index (χ3n) is 2.24. The Morgan fingerprint density at radius 1 is 1.11 bits per heavy atom. The Balaban J connectivity index is 2.34. The second-order valence-corrected chi connectivity index (χ2v) is 5.18. The molecule has 2 aromatic carbocycles. The molecule has 2 nitrogen and oxygen atoms in total. The third kappa shape index (κ3) is 3.31. The van der Waals surface area contributed by atoms with E-state index >= 15 is 0 Å². The Labute approximate surface area is 120 Å². The first-order valence-electron chi connectivity index (χ1n) is 5.46. The molecule has 1 N–H and O–H groups in total. The minimum Gasteiger partial charge on any atom is -0.454 e. The molecule has 92 valence electrons. The van der Waals surface area contributed by atoms with Crippen molar-refractivity contribution in [2.75, 3.05) is 5.32 Å². The third-order valence-corrected chi connectivity index (χ3v) is 2.97. The molecule has 0 aliphatic rings. The van der Waals surface area contributed by atoms with Gasteiger partial charge in [-0.25, -0.2) is 0 Å². The van der Waals surface area contributed by atoms with Gasteiger partial charge >= 0.3 is 0 Å². The van der Waals surface area contributed by atoms with E-state index in [1.807, 2.05) is 55.5 Å². The number of para-hydroxylation sites is 2. The van der Waals surface area contributed by atoms with Gasteiger partial charge in [0.15, 0.2) is 5.75 Å². The van der Waals surface area contributed by atoms with Crippen LogP contribution in [-0.2, 0) is 0 Å². The fourth-order valence-electron chi connectivity index (χ4n) is 1.51. The highest BCUT2D eigenvalue weighted by Gasteiger charge is 2.09. The summed E-state index contributed by atoms with van der Waals surface area (Å²) in [5.74, 6) is 1.52. The lowest BCUT2D eigenvalue weighted by molar-refractivity contribution is 0.482. The number of benzene rings is 2. The van der Waals surface area contributed by atoms with Gasteiger partial charge in [-0.2, -0.15) is 0 Å². The fraction of sp³-hybridized carbons (Fsp3) is 0.0714. The standard InChI is InChI=1S/C14H12BrNOS/c1-10(18)16-13-9-5-8-12(15)14(13)17-11-6-3-2-4-7-11/h2-9H,1H3,(H,16,18). The Morgan fingerprint density at radius 3 is 2.50 bits per heavy atom. The summed E-state index contributed by atoms with van der Waals surface area (Å²) < 4.78 is 6.75. The molecule has 0 fully saturated rings. The smallest absolute Gasteiger partial charge is 0.165 e. The van der Waals surface area contributed by atoms with E-state index < -0.39 is 0 Å². The van der Waals surface area contributed by atoms with Crippen molar-refractivity contribution < 1.29 is 4.74 Å². The molecule has 0 aliphatic heterocycles. The minimum absolute atomic E-state index is 0.700. The second kappa shape index (κ2) is 5.98. The molecule has 0 bridgehead atoms. The lowest BCUT2D eigenvalue weighted by atomic mass is 10.3. The molecule has 0 unspecified atom stereocenters. The summed E-state index contributed by atoms with van der Waals surface area (Å²) in [4.78, 5) is 0.700. The molecule has 0 spiro atoms. The van der Waals surface area contributed by atoms with Crippen LogP contribution < -0.4 is 10.1 Å². The van der Waals surface area contributed by atoms with Crippen molar-refractivity contribution in [3.8, 4) is 11.5 Å². The zero-order chi connectivity index (χ0) is 13.0. The van der Waals surface area contributed by atoms with Crippen LogP contribution >= 0.6 is 28.1 Å². The maximum absolute atomic E-state index is 5.87. The average Bonchev–Trinajstić information content (AvgIpc) is 2.34. The number of nitrogens with one attached hydrogen (secondary N) is 1. The SMILES string of the molecule is CC(=S)Nc1cccc(Br)c1Oc1ccccc1. The molecule has 0 atom stereocenters. The highest BCUT2D eigenvalue weighted by molar-refractivity contribution is 9.10. The average molecular weight is 322 g/mol. The highest BCUT2D eigenvalue weighted by atomic mass is 79.9. The number of ether oxygens (including phenoxy) is 1. The van der Waals surface area contributed by atoms with Crippen molar-refractivity contribution in [3.63, 3.8) is 0 Å². The molecule has 0 heterocycles. The molecule has 0 aromatic heterocycles. The largest absolute Gasteiger partial charge is 0.454 e. The van der Waals surface area contributed by atoms with E-state index in [0.29, 0.717) is 4.99 Å². The first-order valence-corrected chi connectivity index (χ1v) is 6.66. The summed E-state index contributed by atoms with van der Waals surface area (Å²) in [5, 5.41) is 3.11. The number of rotatable bonds is 3. The molecule has 2 rings (SSSR count). The molecule has 0 radical (unpaired) electrons. The summed E-state index contributed by atoms with van der Waals surface area (Å²) in [6, 6.07) is 15.4. The summed E-state index contributed by atoms with van der Waals surface area (Å²) in [6.07, 6.45) is 0. The van der Waals surface area contributed by atoms with Gasteiger partial charge in [-0.3, -0.25) is 0 Å². The summed E-state index contributed by atoms with van der Waals surface area (Å²) in [5.41, 5.74) is 0.848. The van der Waals surface area contributed by atoms with E-state index in [0.717, 1.165) is 21.7 Å².